The Morgan fingerprint density at radius 3 is 2.42 bits per heavy atom. The number of aromatic nitrogens is 2. The van der Waals surface area contributed by atoms with Gasteiger partial charge >= 0.3 is 0 Å². The average molecular weight is 258 g/mol. The minimum atomic E-state index is 0.0610. The number of H-pyrrole nitrogens is 1. The van der Waals surface area contributed by atoms with E-state index in [2.05, 4.69) is 38.0 Å². The van der Waals surface area contributed by atoms with Crippen LogP contribution in [-0.4, -0.2) is 9.78 Å². The molecule has 0 fully saturated rings. The lowest BCUT2D eigenvalue weighted by Crippen LogP contribution is -2.07. The van der Waals surface area contributed by atoms with Crippen molar-refractivity contribution in [2.75, 3.05) is 0 Å². The highest BCUT2D eigenvalue weighted by Crippen LogP contribution is 2.15. The first kappa shape index (κ1) is 13.7. The van der Waals surface area contributed by atoms with Crippen LogP contribution in [0.2, 0.25) is 0 Å². The lowest BCUT2D eigenvalue weighted by molar-refractivity contribution is 0.772. The zero-order valence-electron chi connectivity index (χ0n) is 12.0. The Labute approximate surface area is 114 Å². The molecule has 0 spiro atoms. The summed E-state index contributed by atoms with van der Waals surface area (Å²) in [5.74, 6) is 0. The Kier molecular flexibility index (Phi) is 4.25. The summed E-state index contributed by atoms with van der Waals surface area (Å²) < 4.78 is 1.94. The van der Waals surface area contributed by atoms with E-state index in [0.29, 0.717) is 0 Å². The van der Waals surface area contributed by atoms with Gasteiger partial charge in [0.25, 0.3) is 5.56 Å². The van der Waals surface area contributed by atoms with Gasteiger partial charge in [0.1, 0.15) is 0 Å². The average Bonchev–Trinajstić information content (AvgIpc) is 2.73. The number of aryl methyl sites for hydroxylation is 1. The van der Waals surface area contributed by atoms with Crippen LogP contribution in [0.1, 0.15) is 43.5 Å². The number of nitrogens with one attached hydrogen (secondary N) is 1. The Morgan fingerprint density at radius 2 is 1.84 bits per heavy atom. The summed E-state index contributed by atoms with van der Waals surface area (Å²) in [6, 6.07) is 8.24. The van der Waals surface area contributed by atoms with Gasteiger partial charge in [0.15, 0.2) is 0 Å². The molecule has 0 amide bonds. The molecule has 0 bridgehead atoms. The van der Waals surface area contributed by atoms with Crippen LogP contribution in [0.4, 0.5) is 0 Å². The fourth-order valence-electron chi connectivity index (χ4n) is 2.40. The zero-order valence-corrected chi connectivity index (χ0v) is 12.0. The fourth-order valence-corrected chi connectivity index (χ4v) is 2.40. The SMILES string of the molecule is CCCCc1c(CC)n(-c2ccc(C)cc2)[nH]c1=O. The van der Waals surface area contributed by atoms with Crippen molar-refractivity contribution in [3.8, 4) is 5.69 Å². The molecular formula is C16H22N2O. The molecule has 0 aliphatic heterocycles. The van der Waals surface area contributed by atoms with Crippen LogP contribution in [0.5, 0.6) is 0 Å². The maximum absolute atomic E-state index is 12.1. The van der Waals surface area contributed by atoms with Crippen LogP contribution in [0.15, 0.2) is 29.1 Å². The summed E-state index contributed by atoms with van der Waals surface area (Å²) in [6.07, 6.45) is 3.91. The monoisotopic (exact) mass is 258 g/mol. The second kappa shape index (κ2) is 5.91. The van der Waals surface area contributed by atoms with Crippen molar-refractivity contribution < 1.29 is 0 Å². The number of benzene rings is 1. The second-order valence-electron chi connectivity index (χ2n) is 4.99. The second-order valence-corrected chi connectivity index (χ2v) is 4.99. The number of hydrogen-bond donors (Lipinski definition) is 1. The molecule has 2 rings (SSSR count). The van der Waals surface area contributed by atoms with Gasteiger partial charge in [-0.05, 0) is 38.3 Å². The Hall–Kier alpha value is -1.77. The largest absolute Gasteiger partial charge is 0.268 e. The first-order valence-corrected chi connectivity index (χ1v) is 7.07. The molecule has 3 heteroatoms. The molecule has 0 unspecified atom stereocenters. The van der Waals surface area contributed by atoms with E-state index in [-0.39, 0.29) is 5.56 Å². The van der Waals surface area contributed by atoms with Gasteiger partial charge in [0.2, 0.25) is 0 Å². The molecule has 1 aromatic carbocycles. The smallest absolute Gasteiger partial charge is 0.267 e. The third-order valence-electron chi connectivity index (χ3n) is 3.51. The van der Waals surface area contributed by atoms with Crippen molar-refractivity contribution in [3.63, 3.8) is 0 Å². The number of rotatable bonds is 5. The summed E-state index contributed by atoms with van der Waals surface area (Å²) in [5.41, 5.74) is 4.38. The van der Waals surface area contributed by atoms with Gasteiger partial charge in [-0.2, -0.15) is 0 Å². The number of nitrogens with zero attached hydrogens (tertiary/aromatic N) is 1. The molecule has 0 aliphatic carbocycles. The summed E-state index contributed by atoms with van der Waals surface area (Å²) in [4.78, 5) is 12.1. The molecule has 3 nitrogen and oxygen atoms in total. The normalized spacial score (nSPS) is 10.9. The zero-order chi connectivity index (χ0) is 13.8. The third kappa shape index (κ3) is 2.80. The first-order valence-electron chi connectivity index (χ1n) is 7.07. The number of unbranched alkanes of at least 4 members (excludes halogenated alkanes) is 1. The van der Waals surface area contributed by atoms with Crippen molar-refractivity contribution in [1.29, 1.82) is 0 Å². The van der Waals surface area contributed by atoms with E-state index in [1.807, 2.05) is 16.8 Å². The van der Waals surface area contributed by atoms with E-state index in [1.54, 1.807) is 0 Å². The predicted octanol–water partition coefficient (Wildman–Crippen LogP) is 3.38. The van der Waals surface area contributed by atoms with Crippen LogP contribution in [-0.2, 0) is 12.8 Å². The van der Waals surface area contributed by atoms with E-state index in [0.717, 1.165) is 42.6 Å². The van der Waals surface area contributed by atoms with Gasteiger partial charge in [0.05, 0.1) is 5.69 Å². The highest BCUT2D eigenvalue weighted by molar-refractivity contribution is 5.37. The van der Waals surface area contributed by atoms with Crippen LogP contribution in [0, 0.1) is 6.92 Å². The Balaban J connectivity index is 2.46. The Morgan fingerprint density at radius 1 is 1.16 bits per heavy atom. The van der Waals surface area contributed by atoms with Crippen molar-refractivity contribution in [2.24, 2.45) is 0 Å². The maximum atomic E-state index is 12.1. The van der Waals surface area contributed by atoms with Crippen LogP contribution >= 0.6 is 0 Å². The molecule has 102 valence electrons. The highest BCUT2D eigenvalue weighted by atomic mass is 16.1. The lowest BCUT2D eigenvalue weighted by Gasteiger charge is -2.08. The fraction of sp³-hybridized carbons (Fsp3) is 0.438. The minimum Gasteiger partial charge on any atom is -0.268 e. The maximum Gasteiger partial charge on any atom is 0.267 e. The van der Waals surface area contributed by atoms with Gasteiger partial charge in [0, 0.05) is 11.3 Å². The summed E-state index contributed by atoms with van der Waals surface area (Å²) >= 11 is 0. The quantitative estimate of drug-likeness (QED) is 0.877. The van der Waals surface area contributed by atoms with E-state index in [9.17, 15) is 4.79 Å². The molecule has 0 saturated heterocycles. The summed E-state index contributed by atoms with van der Waals surface area (Å²) in [5, 5.41) is 2.97. The van der Waals surface area contributed by atoms with E-state index in [1.165, 1.54) is 5.56 Å². The molecule has 2 aromatic rings. The van der Waals surface area contributed by atoms with E-state index in [4.69, 9.17) is 0 Å². The van der Waals surface area contributed by atoms with Gasteiger partial charge < -0.3 is 0 Å². The van der Waals surface area contributed by atoms with Crippen molar-refractivity contribution >= 4 is 0 Å². The molecule has 1 N–H and O–H groups in total. The van der Waals surface area contributed by atoms with Crippen LogP contribution in [0.25, 0.3) is 5.69 Å². The summed E-state index contributed by atoms with van der Waals surface area (Å²) in [7, 11) is 0. The van der Waals surface area contributed by atoms with Crippen molar-refractivity contribution in [1.82, 2.24) is 9.78 Å². The molecule has 0 saturated carbocycles. The molecule has 1 heterocycles. The topological polar surface area (TPSA) is 37.8 Å². The summed E-state index contributed by atoms with van der Waals surface area (Å²) in [6.45, 7) is 6.31. The number of hydrogen-bond acceptors (Lipinski definition) is 1. The van der Waals surface area contributed by atoms with E-state index < -0.39 is 0 Å². The first-order chi connectivity index (χ1) is 9.17. The Bertz CT molecular complexity index is 590. The van der Waals surface area contributed by atoms with Gasteiger partial charge in [-0.15, -0.1) is 0 Å². The molecule has 19 heavy (non-hydrogen) atoms. The predicted molar refractivity (Wildman–Crippen MR) is 79.1 cm³/mol. The molecule has 0 atom stereocenters. The van der Waals surface area contributed by atoms with Crippen molar-refractivity contribution in [3.05, 3.63) is 51.4 Å². The lowest BCUT2D eigenvalue weighted by atomic mass is 10.1. The number of aromatic amines is 1. The van der Waals surface area contributed by atoms with Gasteiger partial charge in [-0.25, -0.2) is 0 Å². The van der Waals surface area contributed by atoms with Gasteiger partial charge in [-0.1, -0.05) is 38.0 Å². The molecule has 0 aliphatic rings. The van der Waals surface area contributed by atoms with Crippen LogP contribution in [0.3, 0.4) is 0 Å². The van der Waals surface area contributed by atoms with E-state index >= 15 is 0 Å². The van der Waals surface area contributed by atoms with Gasteiger partial charge in [-0.3, -0.25) is 14.6 Å². The standard InChI is InChI=1S/C16H22N2O/c1-4-6-7-14-15(5-2)18(17-16(14)19)13-10-8-12(3)9-11-13/h8-11H,4-7H2,1-3H3,(H,17,19). The molecule has 0 radical (unpaired) electrons. The van der Waals surface area contributed by atoms with Crippen molar-refractivity contribution in [2.45, 2.75) is 46.5 Å². The molecule has 1 aromatic heterocycles. The highest BCUT2D eigenvalue weighted by Gasteiger charge is 2.13. The third-order valence-corrected chi connectivity index (χ3v) is 3.51. The molecular weight excluding hydrogens is 236 g/mol. The van der Waals surface area contributed by atoms with Crippen LogP contribution < -0.4 is 5.56 Å². The minimum absolute atomic E-state index is 0.0610.